The number of carbonyl (C=O) groups is 1. The van der Waals surface area contributed by atoms with Crippen LogP contribution in [-0.4, -0.2) is 20.4 Å². The van der Waals surface area contributed by atoms with Gasteiger partial charge in [0.15, 0.2) is 12.4 Å². The van der Waals surface area contributed by atoms with Crippen LogP contribution in [0.4, 0.5) is 11.5 Å². The fourth-order valence-corrected chi connectivity index (χ4v) is 2.37. The Morgan fingerprint density at radius 3 is 2.81 bits per heavy atom. The van der Waals surface area contributed by atoms with E-state index in [-0.39, 0.29) is 18.3 Å². The van der Waals surface area contributed by atoms with E-state index in [1.54, 1.807) is 13.0 Å². The van der Waals surface area contributed by atoms with Crippen LogP contribution in [-0.2, 0) is 11.3 Å². The first-order valence-corrected chi connectivity index (χ1v) is 6.90. The van der Waals surface area contributed by atoms with Crippen molar-refractivity contribution in [1.82, 2.24) is 9.55 Å². The summed E-state index contributed by atoms with van der Waals surface area (Å²) in [7, 11) is 0. The Bertz CT molecular complexity index is 711. The molecule has 0 saturated carbocycles. The number of nitrogens with one attached hydrogen (secondary N) is 1. The minimum absolute atomic E-state index is 0.155. The van der Waals surface area contributed by atoms with Crippen molar-refractivity contribution < 1.29 is 9.72 Å². The van der Waals surface area contributed by atoms with Gasteiger partial charge in [-0.25, -0.2) is 9.55 Å². The zero-order valence-corrected chi connectivity index (χ0v) is 13.0. The molecule has 0 radical (unpaired) electrons. The number of nitrogens with zero attached hydrogens (tertiary/aromatic N) is 3. The summed E-state index contributed by atoms with van der Waals surface area (Å²) in [5.74, 6) is -0.121. The second-order valence-electron chi connectivity index (χ2n) is 4.51. The monoisotopic (exact) mass is 352 g/mol. The summed E-state index contributed by atoms with van der Waals surface area (Å²) in [6.45, 7) is 3.33. The van der Waals surface area contributed by atoms with Gasteiger partial charge in [0.1, 0.15) is 6.20 Å². The molecule has 1 N–H and O–H groups in total. The lowest BCUT2D eigenvalue weighted by atomic mass is 10.2. The molecular weight excluding hydrogens is 340 g/mol. The first-order valence-electron chi connectivity index (χ1n) is 6.11. The van der Waals surface area contributed by atoms with Crippen molar-refractivity contribution >= 4 is 33.3 Å². The van der Waals surface area contributed by atoms with Crippen LogP contribution in [0.2, 0.25) is 0 Å². The maximum Gasteiger partial charge on any atom is 0.343 e. The van der Waals surface area contributed by atoms with Crippen LogP contribution in [0.15, 0.2) is 28.9 Å². The number of carbonyl (C=O) groups excluding carboxylic acids is 1. The van der Waals surface area contributed by atoms with Crippen molar-refractivity contribution in [2.75, 3.05) is 5.32 Å². The number of amides is 1. The molecular formula is C13H13BrN4O3. The normalized spacial score (nSPS) is 10.4. The zero-order valence-electron chi connectivity index (χ0n) is 11.5. The van der Waals surface area contributed by atoms with Gasteiger partial charge < -0.3 is 15.4 Å². The molecule has 7 nitrogen and oxygen atoms in total. The van der Waals surface area contributed by atoms with Gasteiger partial charge in [0.25, 0.3) is 5.91 Å². The average molecular weight is 353 g/mol. The summed E-state index contributed by atoms with van der Waals surface area (Å²) >= 11 is 3.35. The van der Waals surface area contributed by atoms with Gasteiger partial charge in [-0.1, -0.05) is 15.9 Å². The number of hydrogen-bond donors (Lipinski definition) is 1. The summed E-state index contributed by atoms with van der Waals surface area (Å²) in [4.78, 5) is 26.2. The standard InChI is InChI=1S/C13H13BrN4O3/c1-8-5-10(14)3-4-11(8)16-12(19)7-17-9(2)15-6-13(17)18(20)21/h3-6H,7H2,1-2H3,(H,16,19). The highest BCUT2D eigenvalue weighted by atomic mass is 79.9. The molecule has 0 aliphatic carbocycles. The molecule has 1 amide bonds. The highest BCUT2D eigenvalue weighted by Gasteiger charge is 2.20. The van der Waals surface area contributed by atoms with Crippen molar-refractivity contribution in [2.45, 2.75) is 20.4 Å². The van der Waals surface area contributed by atoms with E-state index in [2.05, 4.69) is 26.2 Å². The van der Waals surface area contributed by atoms with E-state index in [1.165, 1.54) is 4.57 Å². The van der Waals surface area contributed by atoms with E-state index in [4.69, 9.17) is 0 Å². The molecule has 2 rings (SSSR count). The van der Waals surface area contributed by atoms with Gasteiger partial charge in [0.05, 0.1) is 0 Å². The number of rotatable bonds is 4. The van der Waals surface area contributed by atoms with Gasteiger partial charge in [-0.05, 0) is 35.6 Å². The number of imidazole rings is 1. The highest BCUT2D eigenvalue weighted by molar-refractivity contribution is 9.10. The predicted molar refractivity (Wildman–Crippen MR) is 81.1 cm³/mol. The SMILES string of the molecule is Cc1cc(Br)ccc1NC(=O)Cn1c([N+](=O)[O-])cnc1C. The molecule has 0 aliphatic heterocycles. The van der Waals surface area contributed by atoms with Crippen LogP contribution in [0.3, 0.4) is 0 Å². The Balaban J connectivity index is 2.15. The maximum absolute atomic E-state index is 12.0. The molecule has 1 aromatic carbocycles. The molecule has 0 fully saturated rings. The summed E-state index contributed by atoms with van der Waals surface area (Å²) in [5.41, 5.74) is 1.57. The van der Waals surface area contributed by atoms with Gasteiger partial charge in [-0.2, -0.15) is 0 Å². The third-order valence-corrected chi connectivity index (χ3v) is 3.48. The van der Waals surface area contributed by atoms with Gasteiger partial charge in [0.2, 0.25) is 0 Å². The molecule has 0 aliphatic rings. The topological polar surface area (TPSA) is 90.1 Å². The maximum atomic E-state index is 12.0. The fraction of sp³-hybridized carbons (Fsp3) is 0.231. The Kier molecular flexibility index (Phi) is 4.37. The number of aromatic nitrogens is 2. The van der Waals surface area contributed by atoms with E-state index < -0.39 is 4.92 Å². The number of hydrogen-bond acceptors (Lipinski definition) is 4. The van der Waals surface area contributed by atoms with Crippen molar-refractivity contribution in [1.29, 1.82) is 0 Å². The quantitative estimate of drug-likeness (QED) is 0.676. The largest absolute Gasteiger partial charge is 0.358 e. The Morgan fingerprint density at radius 1 is 1.48 bits per heavy atom. The molecule has 2 aromatic rings. The molecule has 1 aromatic heterocycles. The van der Waals surface area contributed by atoms with Gasteiger partial charge >= 0.3 is 5.82 Å². The lowest BCUT2D eigenvalue weighted by Crippen LogP contribution is -2.20. The minimum Gasteiger partial charge on any atom is -0.358 e. The molecule has 0 saturated heterocycles. The first kappa shape index (κ1) is 15.2. The zero-order chi connectivity index (χ0) is 15.6. The molecule has 0 atom stereocenters. The summed E-state index contributed by atoms with van der Waals surface area (Å²) in [6, 6.07) is 5.46. The average Bonchev–Trinajstić information content (AvgIpc) is 2.75. The number of benzene rings is 1. The second kappa shape index (κ2) is 6.04. The van der Waals surface area contributed by atoms with Gasteiger partial charge in [-0.3, -0.25) is 4.79 Å². The third kappa shape index (κ3) is 3.46. The number of anilines is 1. The van der Waals surface area contributed by atoms with Gasteiger partial charge in [0, 0.05) is 17.1 Å². The van der Waals surface area contributed by atoms with E-state index in [0.29, 0.717) is 11.5 Å². The highest BCUT2D eigenvalue weighted by Crippen LogP contribution is 2.20. The smallest absolute Gasteiger partial charge is 0.343 e. The van der Waals surface area contributed by atoms with Crippen molar-refractivity contribution in [3.05, 3.63) is 50.4 Å². The van der Waals surface area contributed by atoms with E-state index >= 15 is 0 Å². The van der Waals surface area contributed by atoms with Crippen LogP contribution >= 0.6 is 15.9 Å². The lowest BCUT2D eigenvalue weighted by molar-refractivity contribution is -0.392. The Hall–Kier alpha value is -2.22. The van der Waals surface area contributed by atoms with Crippen LogP contribution in [0.1, 0.15) is 11.4 Å². The number of nitro groups is 1. The summed E-state index contributed by atoms with van der Waals surface area (Å²) in [6.07, 6.45) is 1.15. The van der Waals surface area contributed by atoms with Crippen LogP contribution < -0.4 is 5.32 Å². The Morgan fingerprint density at radius 2 is 2.19 bits per heavy atom. The molecule has 110 valence electrons. The lowest BCUT2D eigenvalue weighted by Gasteiger charge is -2.08. The first-order chi connectivity index (χ1) is 9.88. The third-order valence-electron chi connectivity index (χ3n) is 2.99. The molecule has 0 unspecified atom stereocenters. The molecule has 0 bridgehead atoms. The number of aryl methyl sites for hydroxylation is 2. The van der Waals surface area contributed by atoms with Crippen molar-refractivity contribution in [3.63, 3.8) is 0 Å². The van der Waals surface area contributed by atoms with E-state index in [9.17, 15) is 14.9 Å². The molecule has 1 heterocycles. The van der Waals surface area contributed by atoms with Gasteiger partial charge in [-0.15, -0.1) is 0 Å². The molecule has 0 spiro atoms. The number of halogens is 1. The van der Waals surface area contributed by atoms with Crippen LogP contribution in [0, 0.1) is 24.0 Å². The second-order valence-corrected chi connectivity index (χ2v) is 5.43. The Labute approximate surface area is 129 Å². The van der Waals surface area contributed by atoms with E-state index in [0.717, 1.165) is 16.2 Å². The van der Waals surface area contributed by atoms with Crippen LogP contribution in [0.5, 0.6) is 0 Å². The molecule has 8 heteroatoms. The fourth-order valence-electron chi connectivity index (χ4n) is 1.90. The summed E-state index contributed by atoms with van der Waals surface area (Å²) < 4.78 is 2.18. The summed E-state index contributed by atoms with van der Waals surface area (Å²) in [5, 5.41) is 13.6. The minimum atomic E-state index is -0.557. The molecule has 21 heavy (non-hydrogen) atoms. The van der Waals surface area contributed by atoms with Crippen LogP contribution in [0.25, 0.3) is 0 Å². The van der Waals surface area contributed by atoms with E-state index in [1.807, 2.05) is 19.1 Å². The van der Waals surface area contributed by atoms with Crippen molar-refractivity contribution in [2.24, 2.45) is 0 Å². The van der Waals surface area contributed by atoms with Crippen molar-refractivity contribution in [3.8, 4) is 0 Å². The predicted octanol–water partition coefficient (Wildman–Crippen LogP) is 2.81.